The third-order valence-corrected chi connectivity index (χ3v) is 5.10. The van der Waals surface area contributed by atoms with Crippen molar-refractivity contribution in [2.75, 3.05) is 44.6 Å². The lowest BCUT2D eigenvalue weighted by molar-refractivity contribution is 0.0687. The first-order valence-electron chi connectivity index (χ1n) is 9.19. The van der Waals surface area contributed by atoms with E-state index < -0.39 is 0 Å². The number of nitrogens with one attached hydrogen (secondary N) is 1. The molecular weight excluding hydrogens is 302 g/mol. The average molecular weight is 331 g/mol. The smallest absolute Gasteiger partial charge is 0.409 e. The molecule has 2 aliphatic heterocycles. The fraction of sp³-hybridized carbons (Fsp3) is 0.632. The average Bonchev–Trinajstić information content (AvgIpc) is 2.62. The maximum absolute atomic E-state index is 11.8. The summed E-state index contributed by atoms with van der Waals surface area (Å²) >= 11 is 0. The van der Waals surface area contributed by atoms with Gasteiger partial charge in [0.2, 0.25) is 0 Å². The molecule has 0 bridgehead atoms. The van der Waals surface area contributed by atoms with Crippen molar-refractivity contribution < 1.29 is 9.53 Å². The van der Waals surface area contributed by atoms with Crippen molar-refractivity contribution >= 4 is 11.8 Å². The first-order valence-corrected chi connectivity index (χ1v) is 9.19. The highest BCUT2D eigenvalue weighted by Gasteiger charge is 2.24. The third kappa shape index (κ3) is 4.01. The van der Waals surface area contributed by atoms with E-state index in [0.29, 0.717) is 12.6 Å². The summed E-state index contributed by atoms with van der Waals surface area (Å²) in [5.41, 5.74) is 4.18. The van der Waals surface area contributed by atoms with Crippen molar-refractivity contribution in [1.82, 2.24) is 9.80 Å². The Morgan fingerprint density at radius 1 is 1.29 bits per heavy atom. The molecule has 1 aromatic rings. The zero-order valence-electron chi connectivity index (χ0n) is 14.9. The first-order chi connectivity index (χ1) is 11.7. The molecule has 0 aliphatic carbocycles. The van der Waals surface area contributed by atoms with Crippen molar-refractivity contribution in [3.8, 4) is 0 Å². The molecule has 2 heterocycles. The minimum Gasteiger partial charge on any atom is -0.450 e. The molecule has 0 saturated carbocycles. The zero-order chi connectivity index (χ0) is 16.9. The predicted octanol–water partition coefficient (Wildman–Crippen LogP) is 2.75. The molecule has 1 atom stereocenters. The van der Waals surface area contributed by atoms with E-state index >= 15 is 0 Å². The number of benzene rings is 1. The van der Waals surface area contributed by atoms with Crippen LogP contribution in [0, 0.1) is 0 Å². The Morgan fingerprint density at radius 3 is 2.83 bits per heavy atom. The zero-order valence-corrected chi connectivity index (χ0v) is 14.9. The van der Waals surface area contributed by atoms with Crippen LogP contribution in [0.4, 0.5) is 10.5 Å². The lowest BCUT2D eigenvalue weighted by Crippen LogP contribution is -2.51. The van der Waals surface area contributed by atoms with E-state index in [1.807, 2.05) is 11.8 Å². The summed E-state index contributed by atoms with van der Waals surface area (Å²) in [5, 5.41) is 3.47. The third-order valence-electron chi connectivity index (χ3n) is 5.10. The van der Waals surface area contributed by atoms with Gasteiger partial charge in [0, 0.05) is 44.5 Å². The van der Waals surface area contributed by atoms with E-state index in [1.54, 1.807) is 0 Å². The van der Waals surface area contributed by atoms with Crippen LogP contribution in [-0.4, -0.2) is 61.3 Å². The van der Waals surface area contributed by atoms with Crippen LogP contribution in [0.5, 0.6) is 0 Å². The minimum atomic E-state index is -0.174. The second kappa shape index (κ2) is 7.88. The molecule has 132 valence electrons. The van der Waals surface area contributed by atoms with E-state index in [9.17, 15) is 4.79 Å². The van der Waals surface area contributed by atoms with Crippen LogP contribution in [0.25, 0.3) is 0 Å². The molecule has 1 fully saturated rings. The highest BCUT2D eigenvalue weighted by atomic mass is 16.6. The summed E-state index contributed by atoms with van der Waals surface area (Å²) in [4.78, 5) is 16.1. The van der Waals surface area contributed by atoms with Crippen LogP contribution in [0.2, 0.25) is 0 Å². The Balaban J connectivity index is 1.52. The monoisotopic (exact) mass is 331 g/mol. The summed E-state index contributed by atoms with van der Waals surface area (Å²) in [7, 11) is 0. The molecule has 24 heavy (non-hydrogen) atoms. The van der Waals surface area contributed by atoms with E-state index in [0.717, 1.165) is 39.1 Å². The number of aryl methyl sites for hydroxylation is 1. The van der Waals surface area contributed by atoms with Gasteiger partial charge >= 0.3 is 6.09 Å². The summed E-state index contributed by atoms with van der Waals surface area (Å²) in [6.07, 6.45) is 3.30. The van der Waals surface area contributed by atoms with Crippen LogP contribution < -0.4 is 5.32 Å². The van der Waals surface area contributed by atoms with E-state index in [4.69, 9.17) is 4.74 Å². The van der Waals surface area contributed by atoms with Gasteiger partial charge in [-0.25, -0.2) is 4.79 Å². The van der Waals surface area contributed by atoms with Crippen molar-refractivity contribution in [1.29, 1.82) is 0 Å². The minimum absolute atomic E-state index is 0.174. The largest absolute Gasteiger partial charge is 0.450 e. The number of fused-ring (bicyclic) bond motifs is 1. The lowest BCUT2D eigenvalue weighted by atomic mass is 9.97. The number of anilines is 1. The van der Waals surface area contributed by atoms with Gasteiger partial charge in [0.25, 0.3) is 0 Å². The molecule has 0 radical (unpaired) electrons. The molecule has 1 amide bonds. The highest BCUT2D eigenvalue weighted by Crippen LogP contribution is 2.24. The maximum Gasteiger partial charge on any atom is 0.409 e. The van der Waals surface area contributed by atoms with E-state index in [2.05, 4.69) is 35.3 Å². The van der Waals surface area contributed by atoms with Crippen LogP contribution >= 0.6 is 0 Å². The molecule has 2 aliphatic rings. The number of ether oxygens (including phenoxy) is 1. The van der Waals surface area contributed by atoms with Gasteiger partial charge in [0.1, 0.15) is 0 Å². The molecule has 1 unspecified atom stereocenters. The number of rotatable bonds is 4. The van der Waals surface area contributed by atoms with Crippen molar-refractivity contribution in [3.05, 3.63) is 29.3 Å². The van der Waals surface area contributed by atoms with Crippen molar-refractivity contribution in [2.24, 2.45) is 0 Å². The Labute approximate surface area is 145 Å². The van der Waals surface area contributed by atoms with Gasteiger partial charge in [-0.05, 0) is 50.3 Å². The van der Waals surface area contributed by atoms with Gasteiger partial charge in [-0.15, -0.1) is 0 Å². The number of hydrogen-bond acceptors (Lipinski definition) is 4. The highest BCUT2D eigenvalue weighted by molar-refractivity contribution is 5.67. The maximum atomic E-state index is 11.8. The molecule has 0 aromatic heterocycles. The van der Waals surface area contributed by atoms with Gasteiger partial charge < -0.3 is 15.0 Å². The van der Waals surface area contributed by atoms with Crippen LogP contribution in [0.15, 0.2) is 18.2 Å². The molecule has 3 rings (SSSR count). The quantitative estimate of drug-likeness (QED) is 0.921. The normalized spacial score (nSPS) is 19.3. The van der Waals surface area contributed by atoms with Crippen molar-refractivity contribution in [3.63, 3.8) is 0 Å². The standard InChI is InChI=1S/C19H29N3O2/c1-3-24-19(23)22-11-9-21(10-12-22)15(2)13-16-6-7-18-17(14-16)5-4-8-20-18/h6-7,14-15,20H,3-5,8-13H2,1-2H3. The van der Waals surface area contributed by atoms with Crippen LogP contribution in [-0.2, 0) is 17.6 Å². The molecule has 1 saturated heterocycles. The van der Waals surface area contributed by atoms with Crippen LogP contribution in [0.3, 0.4) is 0 Å². The Morgan fingerprint density at radius 2 is 2.08 bits per heavy atom. The van der Waals surface area contributed by atoms with Gasteiger partial charge in [-0.1, -0.05) is 12.1 Å². The second-order valence-corrected chi connectivity index (χ2v) is 6.80. The SMILES string of the molecule is CCOC(=O)N1CCN(C(C)Cc2ccc3c(c2)CCCN3)CC1. The van der Waals surface area contributed by atoms with Gasteiger partial charge in [0.05, 0.1) is 6.61 Å². The molecule has 1 aromatic carbocycles. The van der Waals surface area contributed by atoms with Gasteiger partial charge in [-0.2, -0.15) is 0 Å². The summed E-state index contributed by atoms with van der Waals surface area (Å²) < 4.78 is 5.09. The molecule has 5 heteroatoms. The molecular formula is C19H29N3O2. The number of carbonyl (C=O) groups excluding carboxylic acids is 1. The predicted molar refractivity (Wildman–Crippen MR) is 96.6 cm³/mol. The van der Waals surface area contributed by atoms with Gasteiger partial charge in [0.15, 0.2) is 0 Å². The summed E-state index contributed by atoms with van der Waals surface area (Å²) in [6.45, 7) is 9.05. The summed E-state index contributed by atoms with van der Waals surface area (Å²) in [5.74, 6) is 0. The topological polar surface area (TPSA) is 44.8 Å². The van der Waals surface area contributed by atoms with E-state index in [1.165, 1.54) is 29.7 Å². The lowest BCUT2D eigenvalue weighted by Gasteiger charge is -2.37. The number of nitrogens with zero attached hydrogens (tertiary/aromatic N) is 2. The van der Waals surface area contributed by atoms with Crippen molar-refractivity contribution in [2.45, 2.75) is 39.2 Å². The van der Waals surface area contributed by atoms with Crippen LogP contribution in [0.1, 0.15) is 31.4 Å². The number of carbonyl (C=O) groups is 1. The Bertz CT molecular complexity index is 568. The Kier molecular flexibility index (Phi) is 5.61. The van der Waals surface area contributed by atoms with E-state index in [-0.39, 0.29) is 6.09 Å². The fourth-order valence-electron chi connectivity index (χ4n) is 3.69. The molecule has 5 nitrogen and oxygen atoms in total. The number of piperazine rings is 1. The molecule has 0 spiro atoms. The second-order valence-electron chi connectivity index (χ2n) is 6.80. The molecule has 1 N–H and O–H groups in total. The number of hydrogen-bond donors (Lipinski definition) is 1. The summed E-state index contributed by atoms with van der Waals surface area (Å²) in [6, 6.07) is 7.34. The fourth-order valence-corrected chi connectivity index (χ4v) is 3.69. The Hall–Kier alpha value is -1.75. The first kappa shape index (κ1) is 17.1. The number of amides is 1. The van der Waals surface area contributed by atoms with Gasteiger partial charge in [-0.3, -0.25) is 4.90 Å².